The summed E-state index contributed by atoms with van der Waals surface area (Å²) in [6.45, 7) is 1.70. The van der Waals surface area contributed by atoms with Gasteiger partial charge in [0.25, 0.3) is 5.91 Å². The van der Waals surface area contributed by atoms with Crippen molar-refractivity contribution in [3.05, 3.63) is 81.5 Å². The number of aromatic carboxylic acids is 1. The smallest absolute Gasteiger partial charge is 0.337 e. The molecule has 2 aromatic carbocycles. The minimum absolute atomic E-state index is 0.0830. The van der Waals surface area contributed by atoms with Crippen LogP contribution in [0.25, 0.3) is 17.4 Å². The molecule has 2 heterocycles. The zero-order valence-corrected chi connectivity index (χ0v) is 17.1. The first kappa shape index (κ1) is 19.9. The van der Waals surface area contributed by atoms with Gasteiger partial charge in [-0.2, -0.15) is 10.1 Å². The van der Waals surface area contributed by atoms with Crippen LogP contribution in [0.1, 0.15) is 23.0 Å². The number of amides is 1. The number of furan rings is 1. The summed E-state index contributed by atoms with van der Waals surface area (Å²) in [5.74, 6) is -0.452. The van der Waals surface area contributed by atoms with Gasteiger partial charge in [0, 0.05) is 10.6 Å². The highest BCUT2D eigenvalue weighted by molar-refractivity contribution is 6.34. The van der Waals surface area contributed by atoms with Crippen LogP contribution in [0.15, 0.2) is 69.7 Å². The van der Waals surface area contributed by atoms with Crippen molar-refractivity contribution in [2.24, 2.45) is 5.10 Å². The summed E-state index contributed by atoms with van der Waals surface area (Å²) in [5.41, 5.74) is 1.89. The minimum atomic E-state index is -1.18. The van der Waals surface area contributed by atoms with E-state index in [9.17, 15) is 14.7 Å². The molecule has 0 radical (unpaired) electrons. The zero-order chi connectivity index (χ0) is 21.4. The molecule has 0 bridgehead atoms. The standard InChI is InChI=1S/C22H14Cl2N2O4/c1-12-17(11-16-7-9-20(30-16)13-2-4-14(23)5-3-13)21(27)26(25-12)15-6-8-19(24)18(10-15)22(28)29/h2-11H,1H3,(H,28,29)/b17-11-. The van der Waals surface area contributed by atoms with Gasteiger partial charge in [-0.15, -0.1) is 0 Å². The predicted octanol–water partition coefficient (Wildman–Crippen LogP) is 5.76. The number of hydrogen-bond acceptors (Lipinski definition) is 4. The van der Waals surface area contributed by atoms with E-state index in [1.165, 1.54) is 18.2 Å². The highest BCUT2D eigenvalue weighted by Gasteiger charge is 2.30. The molecule has 0 saturated heterocycles. The summed E-state index contributed by atoms with van der Waals surface area (Å²) in [6, 6.07) is 15.1. The maximum atomic E-state index is 12.9. The van der Waals surface area contributed by atoms with E-state index in [-0.39, 0.29) is 10.6 Å². The van der Waals surface area contributed by atoms with Crippen LogP contribution in [0.4, 0.5) is 5.69 Å². The molecule has 1 N–H and O–H groups in total. The van der Waals surface area contributed by atoms with Gasteiger partial charge in [-0.05, 0) is 67.6 Å². The van der Waals surface area contributed by atoms with E-state index in [4.69, 9.17) is 27.6 Å². The maximum absolute atomic E-state index is 12.9. The molecule has 1 amide bonds. The molecule has 1 aromatic heterocycles. The summed E-state index contributed by atoms with van der Waals surface area (Å²) >= 11 is 11.8. The normalized spacial score (nSPS) is 15.0. The quantitative estimate of drug-likeness (QED) is 0.522. The van der Waals surface area contributed by atoms with Gasteiger partial charge < -0.3 is 9.52 Å². The molecule has 0 fully saturated rings. The molecular formula is C22H14Cl2N2O4. The Morgan fingerprint density at radius 1 is 1.10 bits per heavy atom. The number of halogens is 2. The molecule has 4 rings (SSSR count). The van der Waals surface area contributed by atoms with Crippen molar-refractivity contribution in [3.8, 4) is 11.3 Å². The van der Waals surface area contributed by atoms with Gasteiger partial charge in [-0.1, -0.05) is 23.2 Å². The Balaban J connectivity index is 1.63. The molecule has 8 heteroatoms. The number of carbonyl (C=O) groups excluding carboxylic acids is 1. The van der Waals surface area contributed by atoms with E-state index in [2.05, 4.69) is 5.10 Å². The van der Waals surface area contributed by atoms with Gasteiger partial charge in [-0.25, -0.2) is 4.79 Å². The molecule has 0 aliphatic carbocycles. The topological polar surface area (TPSA) is 83.1 Å². The summed E-state index contributed by atoms with van der Waals surface area (Å²) in [4.78, 5) is 24.2. The number of rotatable bonds is 4. The van der Waals surface area contributed by atoms with Gasteiger partial charge in [0.05, 0.1) is 27.6 Å². The SMILES string of the molecule is CC1=NN(c2ccc(Cl)c(C(=O)O)c2)C(=O)/C1=C\c1ccc(-c2ccc(Cl)cc2)o1. The number of nitrogens with zero attached hydrogens (tertiary/aromatic N) is 2. The number of hydrogen-bond donors (Lipinski definition) is 1. The molecule has 6 nitrogen and oxygen atoms in total. The first-order valence-corrected chi connectivity index (χ1v) is 9.59. The highest BCUT2D eigenvalue weighted by atomic mass is 35.5. The van der Waals surface area contributed by atoms with E-state index in [0.29, 0.717) is 33.5 Å². The molecule has 0 unspecified atom stereocenters. The second-order valence-electron chi connectivity index (χ2n) is 6.54. The fourth-order valence-electron chi connectivity index (χ4n) is 3.01. The lowest BCUT2D eigenvalue weighted by Crippen LogP contribution is -2.21. The second kappa shape index (κ2) is 7.82. The monoisotopic (exact) mass is 440 g/mol. The lowest BCUT2D eigenvalue weighted by Gasteiger charge is -2.12. The lowest BCUT2D eigenvalue weighted by atomic mass is 10.1. The number of carboxylic acids is 1. The Bertz CT molecular complexity index is 1230. The van der Waals surface area contributed by atoms with Crippen LogP contribution in [0.2, 0.25) is 10.0 Å². The molecule has 0 spiro atoms. The molecule has 150 valence electrons. The highest BCUT2D eigenvalue weighted by Crippen LogP contribution is 2.30. The van der Waals surface area contributed by atoms with Crippen LogP contribution in [-0.2, 0) is 4.79 Å². The first-order chi connectivity index (χ1) is 14.3. The molecule has 30 heavy (non-hydrogen) atoms. The third kappa shape index (κ3) is 3.75. The van der Waals surface area contributed by atoms with Gasteiger partial charge in [0.2, 0.25) is 0 Å². The number of hydrazone groups is 1. The maximum Gasteiger partial charge on any atom is 0.337 e. The Morgan fingerprint density at radius 2 is 1.83 bits per heavy atom. The van der Waals surface area contributed by atoms with Crippen molar-refractivity contribution >= 4 is 52.6 Å². The third-order valence-corrected chi connectivity index (χ3v) is 5.11. The van der Waals surface area contributed by atoms with Crippen LogP contribution in [-0.4, -0.2) is 22.7 Å². The van der Waals surface area contributed by atoms with Crippen LogP contribution in [0.3, 0.4) is 0 Å². The van der Waals surface area contributed by atoms with Crippen LogP contribution in [0.5, 0.6) is 0 Å². The molecule has 1 aliphatic heterocycles. The fourth-order valence-corrected chi connectivity index (χ4v) is 3.33. The molecule has 1 aliphatic rings. The summed E-state index contributed by atoms with van der Waals surface area (Å²) < 4.78 is 5.84. The summed E-state index contributed by atoms with van der Waals surface area (Å²) in [7, 11) is 0. The van der Waals surface area contributed by atoms with Gasteiger partial charge in [0.1, 0.15) is 11.5 Å². The average molecular weight is 441 g/mol. The van der Waals surface area contributed by atoms with E-state index >= 15 is 0 Å². The van der Waals surface area contributed by atoms with Crippen molar-refractivity contribution in [1.29, 1.82) is 0 Å². The Morgan fingerprint density at radius 3 is 2.53 bits per heavy atom. The minimum Gasteiger partial charge on any atom is -0.478 e. The number of benzene rings is 2. The number of anilines is 1. The summed E-state index contributed by atoms with van der Waals surface area (Å²) in [6.07, 6.45) is 1.61. The number of carboxylic acid groups (broad SMARTS) is 1. The average Bonchev–Trinajstić information content (AvgIpc) is 3.29. The van der Waals surface area contributed by atoms with Crippen molar-refractivity contribution in [3.63, 3.8) is 0 Å². The molecular weight excluding hydrogens is 427 g/mol. The van der Waals surface area contributed by atoms with Crippen molar-refractivity contribution in [2.45, 2.75) is 6.92 Å². The van der Waals surface area contributed by atoms with Gasteiger partial charge in [-0.3, -0.25) is 4.79 Å². The predicted molar refractivity (Wildman–Crippen MR) is 116 cm³/mol. The van der Waals surface area contributed by atoms with E-state index in [1.807, 2.05) is 12.1 Å². The van der Waals surface area contributed by atoms with Crippen LogP contribution >= 0.6 is 23.2 Å². The fraction of sp³-hybridized carbons (Fsp3) is 0.0455. The summed E-state index contributed by atoms with van der Waals surface area (Å²) in [5, 5.41) is 15.4. The van der Waals surface area contributed by atoms with E-state index in [0.717, 1.165) is 10.6 Å². The Kier molecular flexibility index (Phi) is 5.20. The number of carbonyl (C=O) groups is 2. The van der Waals surface area contributed by atoms with Crippen LogP contribution < -0.4 is 5.01 Å². The van der Waals surface area contributed by atoms with Gasteiger partial charge in [0.15, 0.2) is 0 Å². The largest absolute Gasteiger partial charge is 0.478 e. The van der Waals surface area contributed by atoms with Crippen molar-refractivity contribution < 1.29 is 19.1 Å². The molecule has 0 atom stereocenters. The first-order valence-electron chi connectivity index (χ1n) is 8.84. The van der Waals surface area contributed by atoms with E-state index in [1.54, 1.807) is 37.3 Å². The van der Waals surface area contributed by atoms with Crippen molar-refractivity contribution in [2.75, 3.05) is 5.01 Å². The lowest BCUT2D eigenvalue weighted by molar-refractivity contribution is -0.114. The zero-order valence-electron chi connectivity index (χ0n) is 15.6. The Hall–Kier alpha value is -3.35. The van der Waals surface area contributed by atoms with Crippen LogP contribution in [0, 0.1) is 0 Å². The second-order valence-corrected chi connectivity index (χ2v) is 7.38. The van der Waals surface area contributed by atoms with Gasteiger partial charge >= 0.3 is 5.97 Å². The Labute approximate surface area is 181 Å². The molecule has 0 saturated carbocycles. The van der Waals surface area contributed by atoms with Crippen molar-refractivity contribution in [1.82, 2.24) is 0 Å². The molecule has 3 aromatic rings. The van der Waals surface area contributed by atoms with E-state index < -0.39 is 11.9 Å². The third-order valence-electron chi connectivity index (χ3n) is 4.53.